The highest BCUT2D eigenvalue weighted by atomic mass is 19.2. The Labute approximate surface area is 150 Å². The largest absolute Gasteiger partial charge is 0.481 e. The van der Waals surface area contributed by atoms with Crippen LogP contribution in [0.25, 0.3) is 0 Å². The highest BCUT2D eigenvalue weighted by Gasteiger charge is 2.15. The van der Waals surface area contributed by atoms with Gasteiger partial charge in [-0.25, -0.2) is 13.6 Å². The Morgan fingerprint density at radius 1 is 1.00 bits per heavy atom. The fourth-order valence-corrected chi connectivity index (χ4v) is 2.49. The third-order valence-electron chi connectivity index (χ3n) is 3.80. The molecule has 0 saturated carbocycles. The van der Waals surface area contributed by atoms with E-state index >= 15 is 0 Å². The lowest BCUT2D eigenvalue weighted by atomic mass is 10.0. The van der Waals surface area contributed by atoms with E-state index in [1.165, 1.54) is 6.07 Å². The first-order valence-electron chi connectivity index (χ1n) is 8.18. The Bertz CT molecular complexity index is 754. The lowest BCUT2D eigenvalue weighted by molar-refractivity contribution is -0.137. The Morgan fingerprint density at radius 2 is 1.73 bits per heavy atom. The Kier molecular flexibility index (Phi) is 7.08. The van der Waals surface area contributed by atoms with Gasteiger partial charge in [-0.15, -0.1) is 0 Å². The van der Waals surface area contributed by atoms with E-state index in [9.17, 15) is 18.4 Å². The molecule has 0 spiro atoms. The van der Waals surface area contributed by atoms with Gasteiger partial charge in [0.15, 0.2) is 11.6 Å². The first kappa shape index (κ1) is 19.4. The molecule has 0 bridgehead atoms. The Morgan fingerprint density at radius 3 is 2.38 bits per heavy atom. The van der Waals surface area contributed by atoms with Gasteiger partial charge < -0.3 is 15.7 Å². The van der Waals surface area contributed by atoms with Crippen LogP contribution < -0.4 is 10.6 Å². The van der Waals surface area contributed by atoms with Crippen molar-refractivity contribution in [3.63, 3.8) is 0 Å². The summed E-state index contributed by atoms with van der Waals surface area (Å²) < 4.78 is 26.1. The normalized spacial score (nSPS) is 11.6. The van der Waals surface area contributed by atoms with Gasteiger partial charge in [0, 0.05) is 19.0 Å². The first-order chi connectivity index (χ1) is 12.4. The first-order valence-corrected chi connectivity index (χ1v) is 8.18. The summed E-state index contributed by atoms with van der Waals surface area (Å²) in [6, 6.07) is 11.9. The summed E-state index contributed by atoms with van der Waals surface area (Å²) in [4.78, 5) is 22.9. The summed E-state index contributed by atoms with van der Waals surface area (Å²) in [5.41, 5.74) is 1.40. The third kappa shape index (κ3) is 6.51. The van der Waals surface area contributed by atoms with E-state index < -0.39 is 23.6 Å². The zero-order chi connectivity index (χ0) is 18.9. The number of nitrogens with one attached hydrogen (secondary N) is 2. The van der Waals surface area contributed by atoms with Crippen molar-refractivity contribution in [1.82, 2.24) is 10.6 Å². The van der Waals surface area contributed by atoms with Crippen LogP contribution in [-0.2, 0) is 17.8 Å². The predicted octanol–water partition coefficient (Wildman–Crippen LogP) is 3.24. The smallest absolute Gasteiger partial charge is 0.315 e. The molecular formula is C19H20F2N2O3. The molecule has 7 heteroatoms. The van der Waals surface area contributed by atoms with Crippen LogP contribution in [0.3, 0.4) is 0 Å². The van der Waals surface area contributed by atoms with E-state index in [0.29, 0.717) is 12.0 Å². The fourth-order valence-electron chi connectivity index (χ4n) is 2.49. The molecule has 0 fully saturated rings. The summed E-state index contributed by atoms with van der Waals surface area (Å²) in [5.74, 6) is -2.87. The standard InChI is InChI=1S/C19H20F2N2O3/c20-16-8-6-14(11-17(16)21)12-22-19(26)23-15(7-9-18(24)25)10-13-4-2-1-3-5-13/h1-6,8,11,15H,7,9-10,12H2,(H,24,25)(H2,22,23,26). The molecule has 0 aliphatic carbocycles. The van der Waals surface area contributed by atoms with E-state index in [0.717, 1.165) is 17.7 Å². The molecule has 2 rings (SSSR count). The number of hydrogen-bond donors (Lipinski definition) is 3. The molecule has 138 valence electrons. The minimum absolute atomic E-state index is 0.0278. The number of halogens is 2. The van der Waals surface area contributed by atoms with Crippen molar-refractivity contribution >= 4 is 12.0 Å². The van der Waals surface area contributed by atoms with Gasteiger partial charge >= 0.3 is 12.0 Å². The molecule has 2 aromatic rings. The summed E-state index contributed by atoms with van der Waals surface area (Å²) >= 11 is 0. The van der Waals surface area contributed by atoms with Gasteiger partial charge in [-0.05, 0) is 36.1 Å². The SMILES string of the molecule is O=C(O)CCC(Cc1ccccc1)NC(=O)NCc1ccc(F)c(F)c1. The average Bonchev–Trinajstić information content (AvgIpc) is 2.61. The van der Waals surface area contributed by atoms with Crippen LogP contribution in [0.2, 0.25) is 0 Å². The van der Waals surface area contributed by atoms with Gasteiger partial charge in [-0.3, -0.25) is 4.79 Å². The number of hydrogen-bond acceptors (Lipinski definition) is 2. The zero-order valence-electron chi connectivity index (χ0n) is 14.0. The number of carboxylic acid groups (broad SMARTS) is 1. The van der Waals surface area contributed by atoms with Crippen molar-refractivity contribution in [2.24, 2.45) is 0 Å². The van der Waals surface area contributed by atoms with Crippen LogP contribution in [0, 0.1) is 11.6 Å². The number of carboxylic acids is 1. The van der Waals surface area contributed by atoms with Crippen LogP contribution in [0.15, 0.2) is 48.5 Å². The van der Waals surface area contributed by atoms with Crippen LogP contribution in [0.1, 0.15) is 24.0 Å². The molecule has 1 unspecified atom stereocenters. The van der Waals surface area contributed by atoms with Crippen molar-refractivity contribution < 1.29 is 23.5 Å². The second-order valence-corrected chi connectivity index (χ2v) is 5.89. The minimum Gasteiger partial charge on any atom is -0.481 e. The molecular weight excluding hydrogens is 342 g/mol. The van der Waals surface area contributed by atoms with Gasteiger partial charge in [0.25, 0.3) is 0 Å². The zero-order valence-corrected chi connectivity index (χ0v) is 14.0. The quantitative estimate of drug-likeness (QED) is 0.675. The number of rotatable bonds is 8. The molecule has 26 heavy (non-hydrogen) atoms. The van der Waals surface area contributed by atoms with Gasteiger partial charge in [-0.2, -0.15) is 0 Å². The molecule has 1 atom stereocenters. The lowest BCUT2D eigenvalue weighted by Gasteiger charge is -2.19. The molecule has 0 saturated heterocycles. The summed E-state index contributed by atoms with van der Waals surface area (Å²) in [6.07, 6.45) is 0.705. The van der Waals surface area contributed by atoms with Gasteiger partial charge in [-0.1, -0.05) is 36.4 Å². The number of carbonyl (C=O) groups excluding carboxylic acids is 1. The number of urea groups is 1. The number of amides is 2. The Hall–Kier alpha value is -2.96. The monoisotopic (exact) mass is 362 g/mol. The van der Waals surface area contributed by atoms with Crippen molar-refractivity contribution in [1.29, 1.82) is 0 Å². The Balaban J connectivity index is 1.91. The molecule has 5 nitrogen and oxygen atoms in total. The molecule has 0 heterocycles. The van der Waals surface area contributed by atoms with Crippen LogP contribution in [0.4, 0.5) is 13.6 Å². The van der Waals surface area contributed by atoms with E-state index in [-0.39, 0.29) is 25.4 Å². The lowest BCUT2D eigenvalue weighted by Crippen LogP contribution is -2.43. The van der Waals surface area contributed by atoms with E-state index in [1.54, 1.807) is 0 Å². The van der Waals surface area contributed by atoms with Crippen LogP contribution in [-0.4, -0.2) is 23.1 Å². The predicted molar refractivity (Wildman–Crippen MR) is 92.5 cm³/mol. The van der Waals surface area contributed by atoms with Crippen molar-refractivity contribution in [2.75, 3.05) is 0 Å². The molecule has 2 amide bonds. The number of aliphatic carboxylic acids is 1. The second kappa shape index (κ2) is 9.50. The molecule has 0 aromatic heterocycles. The van der Waals surface area contributed by atoms with Crippen molar-refractivity contribution in [3.05, 3.63) is 71.3 Å². The number of carbonyl (C=O) groups is 2. The van der Waals surface area contributed by atoms with E-state index in [1.807, 2.05) is 30.3 Å². The second-order valence-electron chi connectivity index (χ2n) is 5.89. The van der Waals surface area contributed by atoms with E-state index in [4.69, 9.17) is 5.11 Å². The van der Waals surface area contributed by atoms with E-state index in [2.05, 4.69) is 10.6 Å². The van der Waals surface area contributed by atoms with Gasteiger partial charge in [0.05, 0.1) is 0 Å². The number of benzene rings is 2. The molecule has 0 aliphatic heterocycles. The average molecular weight is 362 g/mol. The molecule has 2 aromatic carbocycles. The maximum atomic E-state index is 13.2. The summed E-state index contributed by atoms with van der Waals surface area (Å²) in [5, 5.41) is 14.2. The highest BCUT2D eigenvalue weighted by Crippen LogP contribution is 2.09. The van der Waals surface area contributed by atoms with Crippen LogP contribution in [0.5, 0.6) is 0 Å². The highest BCUT2D eigenvalue weighted by molar-refractivity contribution is 5.74. The van der Waals surface area contributed by atoms with Crippen molar-refractivity contribution in [2.45, 2.75) is 31.8 Å². The maximum absolute atomic E-state index is 13.2. The maximum Gasteiger partial charge on any atom is 0.315 e. The fraction of sp³-hybridized carbons (Fsp3) is 0.263. The van der Waals surface area contributed by atoms with Gasteiger partial charge in [0.2, 0.25) is 0 Å². The van der Waals surface area contributed by atoms with Crippen molar-refractivity contribution in [3.8, 4) is 0 Å². The molecule has 0 radical (unpaired) electrons. The molecule has 3 N–H and O–H groups in total. The van der Waals surface area contributed by atoms with Gasteiger partial charge in [0.1, 0.15) is 0 Å². The minimum atomic E-state index is -0.979. The third-order valence-corrected chi connectivity index (χ3v) is 3.80. The van der Waals surface area contributed by atoms with Crippen LogP contribution >= 0.6 is 0 Å². The molecule has 0 aliphatic rings. The summed E-state index contributed by atoms with van der Waals surface area (Å²) in [7, 11) is 0. The summed E-state index contributed by atoms with van der Waals surface area (Å²) in [6.45, 7) is 0.0278. The topological polar surface area (TPSA) is 78.4 Å².